The van der Waals surface area contributed by atoms with Gasteiger partial charge in [0, 0.05) is 11.8 Å². The van der Waals surface area contributed by atoms with Gasteiger partial charge < -0.3 is 5.11 Å². The van der Waals surface area contributed by atoms with Crippen molar-refractivity contribution in [3.8, 4) is 0 Å². The molecule has 0 aliphatic heterocycles. The van der Waals surface area contributed by atoms with Crippen molar-refractivity contribution in [2.45, 2.75) is 12.8 Å². The summed E-state index contributed by atoms with van der Waals surface area (Å²) in [4.78, 5) is 32.4. The Labute approximate surface area is 90.2 Å². The largest absolute Gasteiger partial charge is 0.481 e. The number of hydrogen-bond acceptors (Lipinski definition) is 3. The van der Waals surface area contributed by atoms with E-state index in [0.29, 0.717) is 0 Å². The summed E-state index contributed by atoms with van der Waals surface area (Å²) in [5.74, 6) is -3.34. The maximum atomic E-state index is 10.9. The van der Waals surface area contributed by atoms with Crippen molar-refractivity contribution < 1.29 is 19.5 Å². The lowest BCUT2D eigenvalue weighted by atomic mass is 9.98. The van der Waals surface area contributed by atoms with Crippen molar-refractivity contribution in [2.24, 2.45) is 17.8 Å². The highest BCUT2D eigenvalue weighted by Gasteiger charge is 2.44. The topological polar surface area (TPSA) is 71.4 Å². The molecule has 6 heteroatoms. The zero-order chi connectivity index (χ0) is 10.9. The molecule has 1 rings (SSSR count). The van der Waals surface area contributed by atoms with Crippen molar-refractivity contribution in [1.82, 2.24) is 0 Å². The Morgan fingerprint density at radius 2 is 1.50 bits per heavy atom. The SMILES string of the molecule is O=C(Cl)C1CC(C(=O)O)C(C(=O)Cl)C1. The van der Waals surface area contributed by atoms with Gasteiger partial charge in [-0.2, -0.15) is 0 Å². The minimum absolute atomic E-state index is 0.0980. The second-order valence-corrected chi connectivity index (χ2v) is 4.07. The van der Waals surface area contributed by atoms with Gasteiger partial charge in [-0.05, 0) is 36.0 Å². The molecule has 3 unspecified atom stereocenters. The smallest absolute Gasteiger partial charge is 0.307 e. The summed E-state index contributed by atoms with van der Waals surface area (Å²) >= 11 is 10.5. The molecule has 0 aromatic rings. The molecule has 78 valence electrons. The molecule has 1 N–H and O–H groups in total. The summed E-state index contributed by atoms with van der Waals surface area (Å²) in [5.41, 5.74) is 0. The maximum absolute atomic E-state index is 10.9. The molecule has 1 fully saturated rings. The second-order valence-electron chi connectivity index (χ2n) is 3.33. The van der Waals surface area contributed by atoms with Crippen molar-refractivity contribution >= 4 is 39.7 Å². The summed E-state index contributed by atoms with van der Waals surface area (Å²) in [6.45, 7) is 0. The van der Waals surface area contributed by atoms with Gasteiger partial charge in [-0.15, -0.1) is 0 Å². The Kier molecular flexibility index (Phi) is 3.50. The second kappa shape index (κ2) is 4.28. The third-order valence-corrected chi connectivity index (χ3v) is 3.08. The van der Waals surface area contributed by atoms with Gasteiger partial charge in [0.05, 0.1) is 5.92 Å². The van der Waals surface area contributed by atoms with Gasteiger partial charge in [0.2, 0.25) is 10.5 Å². The van der Waals surface area contributed by atoms with Crippen LogP contribution in [0.4, 0.5) is 0 Å². The highest BCUT2D eigenvalue weighted by molar-refractivity contribution is 6.65. The van der Waals surface area contributed by atoms with Crippen LogP contribution in [0.5, 0.6) is 0 Å². The van der Waals surface area contributed by atoms with E-state index in [1.54, 1.807) is 0 Å². The molecule has 1 aliphatic carbocycles. The van der Waals surface area contributed by atoms with Gasteiger partial charge in [0.1, 0.15) is 0 Å². The Bertz CT molecular complexity index is 267. The third kappa shape index (κ3) is 2.25. The molecule has 0 radical (unpaired) electrons. The molecule has 0 aromatic heterocycles. The quantitative estimate of drug-likeness (QED) is 0.752. The molecule has 0 amide bonds. The van der Waals surface area contributed by atoms with Crippen molar-refractivity contribution in [3.05, 3.63) is 0 Å². The highest BCUT2D eigenvalue weighted by Crippen LogP contribution is 2.39. The summed E-state index contributed by atoms with van der Waals surface area (Å²) in [6.07, 6.45) is 0.239. The Morgan fingerprint density at radius 1 is 1.00 bits per heavy atom. The molecule has 0 spiro atoms. The number of rotatable bonds is 3. The third-order valence-electron chi connectivity index (χ3n) is 2.49. The van der Waals surface area contributed by atoms with Crippen LogP contribution in [-0.4, -0.2) is 21.6 Å². The molecule has 0 heterocycles. The lowest BCUT2D eigenvalue weighted by Crippen LogP contribution is -2.22. The zero-order valence-corrected chi connectivity index (χ0v) is 8.59. The number of halogens is 2. The van der Waals surface area contributed by atoms with Gasteiger partial charge in [-0.3, -0.25) is 14.4 Å². The maximum Gasteiger partial charge on any atom is 0.307 e. The van der Waals surface area contributed by atoms with Crippen molar-refractivity contribution in [3.63, 3.8) is 0 Å². The van der Waals surface area contributed by atoms with Crippen LogP contribution >= 0.6 is 23.2 Å². The van der Waals surface area contributed by atoms with Crippen LogP contribution in [-0.2, 0) is 14.4 Å². The normalized spacial score (nSPS) is 31.4. The average Bonchev–Trinajstić information content (AvgIpc) is 2.47. The Morgan fingerprint density at radius 3 is 1.79 bits per heavy atom. The Hall–Kier alpha value is -0.610. The van der Waals surface area contributed by atoms with Gasteiger partial charge in [0.25, 0.3) is 0 Å². The number of carbonyl (C=O) groups excluding carboxylic acids is 2. The molecule has 0 saturated heterocycles. The molecular formula is C8H8Cl2O4. The minimum Gasteiger partial charge on any atom is -0.481 e. The molecule has 1 saturated carbocycles. The lowest BCUT2D eigenvalue weighted by molar-refractivity contribution is -0.144. The standard InChI is InChI=1S/C8H8Cl2O4/c9-6(11)3-1-4(7(10)12)5(2-3)8(13)14/h3-5H,1-2H2,(H,13,14). The first-order valence-electron chi connectivity index (χ1n) is 4.05. The van der Waals surface area contributed by atoms with Gasteiger partial charge in [-0.25, -0.2) is 0 Å². The predicted molar refractivity (Wildman–Crippen MR) is 49.1 cm³/mol. The van der Waals surface area contributed by atoms with E-state index in [-0.39, 0.29) is 12.8 Å². The molecule has 3 atom stereocenters. The van der Waals surface area contributed by atoms with E-state index in [4.69, 9.17) is 28.3 Å². The van der Waals surface area contributed by atoms with Crippen molar-refractivity contribution in [1.29, 1.82) is 0 Å². The van der Waals surface area contributed by atoms with E-state index < -0.39 is 34.2 Å². The average molecular weight is 239 g/mol. The predicted octanol–water partition coefficient (Wildman–Crippen LogP) is 1.24. The minimum atomic E-state index is -1.11. The number of carboxylic acids is 1. The van der Waals surface area contributed by atoms with Crippen molar-refractivity contribution in [2.75, 3.05) is 0 Å². The van der Waals surface area contributed by atoms with E-state index in [1.807, 2.05) is 0 Å². The fourth-order valence-corrected chi connectivity index (χ4v) is 2.17. The number of carbonyl (C=O) groups is 3. The van der Waals surface area contributed by atoms with Gasteiger partial charge in [-0.1, -0.05) is 0 Å². The monoisotopic (exact) mass is 238 g/mol. The zero-order valence-electron chi connectivity index (χ0n) is 7.07. The molecule has 0 bridgehead atoms. The van der Waals surface area contributed by atoms with E-state index >= 15 is 0 Å². The summed E-state index contributed by atoms with van der Waals surface area (Å²) in [5, 5.41) is 7.46. The molecule has 4 nitrogen and oxygen atoms in total. The van der Waals surface area contributed by atoms with E-state index in [9.17, 15) is 14.4 Å². The van der Waals surface area contributed by atoms with Crippen LogP contribution in [0.15, 0.2) is 0 Å². The number of carboxylic acid groups (broad SMARTS) is 1. The van der Waals surface area contributed by atoms with Crippen LogP contribution in [0.2, 0.25) is 0 Å². The lowest BCUT2D eigenvalue weighted by Gasteiger charge is -2.08. The first-order valence-corrected chi connectivity index (χ1v) is 4.80. The molecular weight excluding hydrogens is 231 g/mol. The summed E-state index contributed by atoms with van der Waals surface area (Å²) in [7, 11) is 0. The molecule has 0 aromatic carbocycles. The van der Waals surface area contributed by atoms with Crippen LogP contribution in [0.3, 0.4) is 0 Å². The summed E-state index contributed by atoms with van der Waals surface area (Å²) < 4.78 is 0. The molecule has 1 aliphatic rings. The first kappa shape index (κ1) is 11.5. The van der Waals surface area contributed by atoms with Crippen LogP contribution in [0.1, 0.15) is 12.8 Å². The molecule has 14 heavy (non-hydrogen) atoms. The fraction of sp³-hybridized carbons (Fsp3) is 0.625. The van der Waals surface area contributed by atoms with Crippen LogP contribution < -0.4 is 0 Å². The highest BCUT2D eigenvalue weighted by atomic mass is 35.5. The van der Waals surface area contributed by atoms with Gasteiger partial charge in [0.15, 0.2) is 0 Å². The fourth-order valence-electron chi connectivity index (χ4n) is 1.75. The summed E-state index contributed by atoms with van der Waals surface area (Å²) in [6, 6.07) is 0. The Balaban J connectivity index is 2.80. The van der Waals surface area contributed by atoms with Gasteiger partial charge >= 0.3 is 5.97 Å². The van der Waals surface area contributed by atoms with E-state index in [1.165, 1.54) is 0 Å². The first-order chi connectivity index (χ1) is 6.43. The van der Waals surface area contributed by atoms with Crippen LogP contribution in [0, 0.1) is 17.8 Å². The number of hydrogen-bond donors (Lipinski definition) is 1. The number of aliphatic carboxylic acids is 1. The van der Waals surface area contributed by atoms with Crippen LogP contribution in [0.25, 0.3) is 0 Å². The van der Waals surface area contributed by atoms with E-state index in [0.717, 1.165) is 0 Å². The van der Waals surface area contributed by atoms with E-state index in [2.05, 4.69) is 0 Å².